The zero-order valence-corrected chi connectivity index (χ0v) is 68.8. The Labute approximate surface area is 680 Å². The van der Waals surface area contributed by atoms with Crippen LogP contribution >= 0.6 is 0 Å². The maximum Gasteiger partial charge on any atom is 0.510 e. The highest BCUT2D eigenvalue weighted by molar-refractivity contribution is 6.03. The number of phenols is 1. The van der Waals surface area contributed by atoms with Crippen molar-refractivity contribution < 1.29 is 100 Å². The number of rotatable bonds is 57. The van der Waals surface area contributed by atoms with Crippen molar-refractivity contribution in [3.05, 3.63) is 98.6 Å². The monoisotopic (exact) mass is 1620 g/mol. The number of unbranched alkanes of at least 4 members (excludes halogenated alkanes) is 1. The van der Waals surface area contributed by atoms with Gasteiger partial charge in [0.25, 0.3) is 5.56 Å². The molecule has 3 aromatic heterocycles. The molecule has 0 bridgehead atoms. The van der Waals surface area contributed by atoms with E-state index in [1.807, 2.05) is 27.0 Å². The van der Waals surface area contributed by atoms with Crippen LogP contribution in [0.3, 0.4) is 0 Å². The average Bonchev–Trinajstić information content (AvgIpc) is 1.55. The minimum absolute atomic E-state index is 0.0347. The summed E-state index contributed by atoms with van der Waals surface area (Å²) in [4.78, 5) is 121. The van der Waals surface area contributed by atoms with Crippen LogP contribution in [-0.2, 0) is 135 Å². The van der Waals surface area contributed by atoms with Crippen molar-refractivity contribution in [3.63, 3.8) is 0 Å². The first-order chi connectivity index (χ1) is 56.4. The largest absolute Gasteiger partial charge is 0.510 e. The predicted octanol–water partition coefficient (Wildman–Crippen LogP) is 10.6. The number of aryl methyl sites for hydroxylation is 2. The lowest BCUT2D eigenvalue weighted by atomic mass is 9.79. The van der Waals surface area contributed by atoms with Gasteiger partial charge in [-0.15, -0.1) is 5.10 Å². The minimum atomic E-state index is -1.95. The number of nitrogens with one attached hydrogen (secondary N) is 1. The van der Waals surface area contributed by atoms with Crippen molar-refractivity contribution in [3.8, 4) is 17.1 Å². The van der Waals surface area contributed by atoms with Gasteiger partial charge in [-0.25, -0.2) is 19.3 Å². The summed E-state index contributed by atoms with van der Waals surface area (Å²) in [5.74, 6) is -1.12. The molecule has 0 spiro atoms. The SMILES string of the molecule is CCC(=O)CCCOCCCOCCCOCCCOCCCOCCCOCCCOCCCOCCn1cc(CCC(=O)C2CCC(CN3C(=O)CC(C)C3=O)CC2)nn1.CCc1c2c(nc3ccc(O)cc13)-c1cc3c(c(=O)n1C2)COC(=O)C3(CC)OC(=O)OCc1ccc(NC(=O)C(CCCCN)CC(=O)COC)cc1. The number of amides is 3. The Morgan fingerprint density at radius 2 is 1.29 bits per heavy atom. The predicted molar refractivity (Wildman–Crippen MR) is 430 cm³/mol. The molecule has 1 aliphatic carbocycles. The number of phenolic OH excluding ortho intramolecular Hbond substituents is 1. The van der Waals surface area contributed by atoms with Crippen molar-refractivity contribution in [1.29, 1.82) is 0 Å². The Kier molecular flexibility index (Phi) is 41.1. The Morgan fingerprint density at radius 3 is 1.84 bits per heavy atom. The van der Waals surface area contributed by atoms with E-state index in [1.54, 1.807) is 64.7 Å². The molecule has 5 aromatic rings. The van der Waals surface area contributed by atoms with Gasteiger partial charge in [-0.2, -0.15) is 0 Å². The zero-order valence-electron chi connectivity index (χ0n) is 68.8. The molecule has 6 heterocycles. The van der Waals surface area contributed by atoms with Crippen LogP contribution in [0.4, 0.5) is 10.5 Å². The fraction of sp³-hybridized carbons (Fsp3) is 0.651. The Hall–Kier alpha value is -8.30. The van der Waals surface area contributed by atoms with Crippen LogP contribution in [0.5, 0.6) is 5.75 Å². The van der Waals surface area contributed by atoms with Gasteiger partial charge < -0.3 is 77.6 Å². The first kappa shape index (κ1) is 93.2. The molecule has 640 valence electrons. The summed E-state index contributed by atoms with van der Waals surface area (Å²) >= 11 is 0. The molecule has 3 unspecified atom stereocenters. The molecule has 2 aromatic carbocycles. The first-order valence-electron chi connectivity index (χ1n) is 41.8. The number of aromatic hydroxyl groups is 1. The van der Waals surface area contributed by atoms with Crippen LogP contribution < -0.4 is 16.6 Å². The van der Waals surface area contributed by atoms with Crippen LogP contribution in [0.1, 0.15) is 196 Å². The number of likely N-dealkylation sites (tertiary alicyclic amines) is 1. The number of pyridine rings is 2. The van der Waals surface area contributed by atoms with E-state index in [0.717, 1.165) is 106 Å². The highest BCUT2D eigenvalue weighted by atomic mass is 16.7. The minimum Gasteiger partial charge on any atom is -0.508 e. The summed E-state index contributed by atoms with van der Waals surface area (Å²) < 4.78 is 70.1. The zero-order chi connectivity index (χ0) is 82.9. The second-order valence-corrected chi connectivity index (χ2v) is 30.0. The summed E-state index contributed by atoms with van der Waals surface area (Å²) in [7, 11) is 1.43. The van der Waals surface area contributed by atoms with E-state index < -0.39 is 23.6 Å². The number of benzene rings is 2. The van der Waals surface area contributed by atoms with Crippen LogP contribution in [0, 0.1) is 23.7 Å². The van der Waals surface area contributed by atoms with Gasteiger partial charge in [0.15, 0.2) is 5.78 Å². The van der Waals surface area contributed by atoms with E-state index in [-0.39, 0.29) is 103 Å². The molecule has 3 amide bonds. The van der Waals surface area contributed by atoms with E-state index in [0.29, 0.717) is 217 Å². The number of nitrogens with zero attached hydrogens (tertiary/aromatic N) is 6. The molecule has 3 aliphatic heterocycles. The number of methoxy groups -OCH3 is 1. The number of Topliss-reactive ketones (excluding diaryl/α,β-unsaturated/α-hetero) is 3. The van der Waals surface area contributed by atoms with Crippen LogP contribution in [-0.4, -0.2) is 214 Å². The summed E-state index contributed by atoms with van der Waals surface area (Å²) in [5.41, 5.74) is 9.08. The van der Waals surface area contributed by atoms with Gasteiger partial charge in [-0.1, -0.05) is 51.5 Å². The number of anilines is 1. The molecule has 2 fully saturated rings. The Morgan fingerprint density at radius 1 is 0.698 bits per heavy atom. The molecule has 116 heavy (non-hydrogen) atoms. The van der Waals surface area contributed by atoms with Gasteiger partial charge in [0.05, 0.1) is 47.9 Å². The third-order valence-corrected chi connectivity index (χ3v) is 21.2. The molecule has 9 rings (SSSR count). The number of hydrogen-bond donors (Lipinski definition) is 3. The molecule has 4 N–H and O–H groups in total. The summed E-state index contributed by atoms with van der Waals surface area (Å²) in [6.07, 6.45) is 16.1. The normalized spacial score (nSPS) is 17.2. The second-order valence-electron chi connectivity index (χ2n) is 30.0. The molecular weight excluding hydrogens is 1500 g/mol. The lowest BCUT2D eigenvalue weighted by molar-refractivity contribution is -0.175. The average molecular weight is 1620 g/mol. The van der Waals surface area contributed by atoms with Crippen LogP contribution in [0.25, 0.3) is 22.3 Å². The highest BCUT2D eigenvalue weighted by Gasteiger charge is 2.51. The first-order valence-corrected chi connectivity index (χ1v) is 41.8. The number of hydrogen-bond acceptors (Lipinski definition) is 26. The summed E-state index contributed by atoms with van der Waals surface area (Å²) in [6, 6.07) is 13.2. The number of imide groups is 1. The number of cyclic esters (lactones) is 1. The van der Waals surface area contributed by atoms with Gasteiger partial charge in [-0.3, -0.25) is 38.5 Å². The van der Waals surface area contributed by atoms with Crippen molar-refractivity contribution in [1.82, 2.24) is 29.4 Å². The van der Waals surface area contributed by atoms with Crippen LogP contribution in [0.15, 0.2) is 59.5 Å². The number of nitrogens with two attached hydrogens (primary N) is 1. The third-order valence-electron chi connectivity index (χ3n) is 21.2. The van der Waals surface area contributed by atoms with E-state index in [2.05, 4.69) is 15.6 Å². The lowest BCUT2D eigenvalue weighted by Crippen LogP contribution is -2.47. The fourth-order valence-electron chi connectivity index (χ4n) is 14.7. The Balaban J connectivity index is 0.000000292. The van der Waals surface area contributed by atoms with Crippen molar-refractivity contribution in [2.45, 2.75) is 207 Å². The molecule has 4 aliphatic rings. The van der Waals surface area contributed by atoms with Gasteiger partial charge in [0, 0.05) is 197 Å². The number of aromatic nitrogens is 5. The quantitative estimate of drug-likeness (QED) is 0.0181. The number of fused-ring (bicyclic) bond motifs is 5. The van der Waals surface area contributed by atoms with Gasteiger partial charge in [-0.05, 0) is 163 Å². The van der Waals surface area contributed by atoms with E-state index >= 15 is 0 Å². The summed E-state index contributed by atoms with van der Waals surface area (Å²) in [5, 5.41) is 22.2. The third kappa shape index (κ3) is 29.6. The van der Waals surface area contributed by atoms with Gasteiger partial charge in [0.1, 0.15) is 37.1 Å². The molecule has 30 heteroatoms. The van der Waals surface area contributed by atoms with Crippen molar-refractivity contribution in [2.24, 2.45) is 29.4 Å². The van der Waals surface area contributed by atoms with E-state index in [9.17, 15) is 48.3 Å². The van der Waals surface area contributed by atoms with Crippen molar-refractivity contribution in [2.75, 3.05) is 138 Å². The molecule has 3 atom stereocenters. The number of ketones is 3. The van der Waals surface area contributed by atoms with Gasteiger partial charge in [0.2, 0.25) is 23.3 Å². The standard InChI is InChI=1S/C46H80N4O12.C40H44N4O10/c1-3-43(51)12-4-20-55-21-5-22-56-23-6-24-57-25-7-26-58-27-8-28-59-29-9-30-60-31-10-32-61-33-11-34-62-35-19-49-38-42(47-48-49)17-18-44(52)41-15-13-40(14-16-41)37-50-45(53)36-39(2)46(50)54;1-4-28-29-17-26(45)13-14-33(29)43-35-30(28)19-44-34(35)18-32-31(37(44)48)22-52-38(49)40(32,5-2)54-39(50)53-20-23-9-11-25(12-10-23)42-36(47)24(8-6-7-15-41)16-27(46)21-51-3/h38-41H,3-37H2,1-2H3;9-14,17-18,24,45H,4-8,15-16,19-22,41H2,1-3H3,(H,42,47). The van der Waals surface area contributed by atoms with Gasteiger partial charge >= 0.3 is 12.1 Å². The number of carbonyl (C=O) groups excluding carboxylic acids is 8. The van der Waals surface area contributed by atoms with Crippen LogP contribution in [0.2, 0.25) is 0 Å². The maximum atomic E-state index is 14.0. The topological polar surface area (TPSA) is 374 Å². The second kappa shape index (κ2) is 51.1. The molecular formula is C86H124N8O22. The smallest absolute Gasteiger partial charge is 0.508 e. The number of carbonyl (C=O) groups is 8. The summed E-state index contributed by atoms with van der Waals surface area (Å²) in [6.45, 7) is 19.3. The number of esters is 1. The lowest BCUT2D eigenvalue weighted by Gasteiger charge is -2.35. The Bertz CT molecular complexity index is 3970. The molecule has 1 saturated heterocycles. The molecule has 0 radical (unpaired) electrons. The maximum absolute atomic E-state index is 14.0. The molecule has 1 saturated carbocycles. The highest BCUT2D eigenvalue weighted by Crippen LogP contribution is 2.43. The fourth-order valence-corrected chi connectivity index (χ4v) is 14.7. The van der Waals surface area contributed by atoms with E-state index in [4.69, 9.17) is 67.6 Å². The van der Waals surface area contributed by atoms with Crippen molar-refractivity contribution >= 4 is 63.8 Å². The van der Waals surface area contributed by atoms with E-state index in [1.165, 1.54) is 12.0 Å². The number of ether oxygens (including phenoxy) is 12. The molecule has 30 nitrogen and oxygen atoms in total.